The van der Waals surface area contributed by atoms with E-state index < -0.39 is 35.7 Å². The smallest absolute Gasteiger partial charge is 0.246 e. The Kier molecular flexibility index (Phi) is 7.60. The molecule has 5 heterocycles. The predicted octanol–water partition coefficient (Wildman–Crippen LogP) is 7.49. The second kappa shape index (κ2) is 11.8. The van der Waals surface area contributed by atoms with Crippen molar-refractivity contribution in [3.8, 4) is 39.5 Å². The number of nitrogens with zero attached hydrogens (tertiary/aromatic N) is 6. The Morgan fingerprint density at radius 3 is 2.58 bits per heavy atom. The van der Waals surface area contributed by atoms with Crippen molar-refractivity contribution in [2.24, 2.45) is 7.05 Å². The Hall–Kier alpha value is -5.01. The van der Waals surface area contributed by atoms with Crippen molar-refractivity contribution in [1.82, 2.24) is 29.2 Å². The van der Waals surface area contributed by atoms with Crippen LogP contribution in [0.25, 0.3) is 54.9 Å². The van der Waals surface area contributed by atoms with Gasteiger partial charge in [0.2, 0.25) is 5.91 Å². The van der Waals surface area contributed by atoms with Gasteiger partial charge in [0.15, 0.2) is 0 Å². The van der Waals surface area contributed by atoms with Gasteiger partial charge in [-0.15, -0.1) is 11.3 Å². The van der Waals surface area contributed by atoms with Crippen molar-refractivity contribution in [3.63, 3.8) is 0 Å². The highest BCUT2D eigenvalue weighted by Gasteiger charge is 2.36. The van der Waals surface area contributed by atoms with Crippen molar-refractivity contribution in [1.29, 1.82) is 0 Å². The second-order valence-electron chi connectivity index (χ2n) is 13.1. The molecule has 9 nitrogen and oxygen atoms in total. The van der Waals surface area contributed by atoms with Crippen LogP contribution in [0, 0.1) is 24.4 Å². The van der Waals surface area contributed by atoms with E-state index in [4.69, 9.17) is 14.8 Å². The molecule has 1 fully saturated rings. The third kappa shape index (κ3) is 5.01. The van der Waals surface area contributed by atoms with Crippen LogP contribution in [0.4, 0.5) is 13.2 Å². The van der Waals surface area contributed by atoms with Gasteiger partial charge in [-0.25, -0.2) is 23.1 Å². The second-order valence-corrected chi connectivity index (χ2v) is 14.0. The first-order chi connectivity index (χ1) is 23.9. The molecule has 4 aromatic heterocycles. The van der Waals surface area contributed by atoms with Crippen molar-refractivity contribution in [2.45, 2.75) is 64.4 Å². The number of hydrogen-bond donors (Lipinski definition) is 1. The maximum atomic E-state index is 16.3. The number of carbonyl (C=O) groups is 1. The Labute approximate surface area is 289 Å². The molecule has 6 aromatic rings. The van der Waals surface area contributed by atoms with E-state index in [0.29, 0.717) is 46.7 Å². The van der Waals surface area contributed by atoms with E-state index in [1.165, 1.54) is 11.5 Å². The van der Waals surface area contributed by atoms with Crippen LogP contribution in [0.2, 0.25) is 0 Å². The fourth-order valence-corrected chi connectivity index (χ4v) is 8.21. The lowest BCUT2D eigenvalue weighted by Gasteiger charge is -2.38. The van der Waals surface area contributed by atoms with E-state index in [2.05, 4.69) is 11.6 Å². The van der Waals surface area contributed by atoms with Gasteiger partial charge in [-0.05, 0) is 45.0 Å². The molecule has 13 heteroatoms. The van der Waals surface area contributed by atoms with Crippen LogP contribution in [-0.4, -0.2) is 58.5 Å². The van der Waals surface area contributed by atoms with Gasteiger partial charge in [-0.1, -0.05) is 12.6 Å². The monoisotopic (exact) mass is 698 g/mol. The zero-order valence-electron chi connectivity index (χ0n) is 27.7. The zero-order chi connectivity index (χ0) is 35.2. The number of aromatic nitrogens is 5. The van der Waals surface area contributed by atoms with E-state index in [9.17, 15) is 14.3 Å². The summed E-state index contributed by atoms with van der Waals surface area (Å²) in [7, 11) is 1.93. The molecule has 2 aliphatic rings. The van der Waals surface area contributed by atoms with Crippen LogP contribution < -0.4 is 4.74 Å². The molecule has 1 N–H and O–H groups in total. The normalized spacial score (nSPS) is 20.3. The Morgan fingerprint density at radius 1 is 1.06 bits per heavy atom. The number of hydrogen-bond acceptors (Lipinski definition) is 7. The molecule has 256 valence electrons. The van der Waals surface area contributed by atoms with Gasteiger partial charge in [0.05, 0.1) is 51.4 Å². The van der Waals surface area contributed by atoms with Gasteiger partial charge in [-0.3, -0.25) is 9.48 Å². The topological polar surface area (TPSA) is 98.3 Å². The first-order valence-electron chi connectivity index (χ1n) is 16.3. The number of amides is 1. The van der Waals surface area contributed by atoms with Crippen molar-refractivity contribution >= 4 is 38.4 Å². The van der Waals surface area contributed by atoms with Crippen LogP contribution in [-0.2, 0) is 18.4 Å². The van der Waals surface area contributed by atoms with E-state index in [1.807, 2.05) is 50.6 Å². The van der Waals surface area contributed by atoms with Crippen LogP contribution in [0.3, 0.4) is 0 Å². The number of imidazole rings is 1. The van der Waals surface area contributed by atoms with Gasteiger partial charge >= 0.3 is 0 Å². The summed E-state index contributed by atoms with van der Waals surface area (Å²) >= 11 is 1.13. The number of carbonyl (C=O) groups excluding carboxylic acids is 1. The van der Waals surface area contributed by atoms with Crippen molar-refractivity contribution < 1.29 is 27.8 Å². The standard InChI is InChI=1S/C37H33F3N6O3S/c1-6-31(48)46-17(2)15-45-29(18(46)3)14-27(43-45)36-34(32-24(39)10-21(38)11-30(32)49-23-12-22(47)13-23)33-25(40)16-50-37(33)35(42-36)20-7-8-28-26(9-20)41-19(4)44(28)5/h6-11,14,16-18,22-23,47H,1,12-13,15H2,2-5H3/t17-,18+,22?,23?/m0/s1. The Morgan fingerprint density at radius 2 is 1.84 bits per heavy atom. The largest absolute Gasteiger partial charge is 0.489 e. The highest BCUT2D eigenvalue weighted by atomic mass is 32.1. The fourth-order valence-electron chi connectivity index (χ4n) is 7.28. The van der Waals surface area contributed by atoms with E-state index in [0.717, 1.165) is 40.3 Å². The molecule has 0 saturated heterocycles. The SMILES string of the molecule is C=CC(=O)N1[C@H](C)c2cc(-c3nc(-c4ccc5c(c4)nc(C)n5C)c4scc(F)c4c3-c3c(F)cc(F)cc3OC3CC(O)C3)nn2C[C@@H]1C. The Balaban J connectivity index is 1.42. The van der Waals surface area contributed by atoms with Gasteiger partial charge in [0.25, 0.3) is 0 Å². The zero-order valence-corrected chi connectivity index (χ0v) is 28.6. The van der Waals surface area contributed by atoms with E-state index in [-0.39, 0.29) is 39.9 Å². The molecule has 1 aliphatic carbocycles. The minimum atomic E-state index is -0.957. The molecule has 8 rings (SSSR count). The van der Waals surface area contributed by atoms with Crippen LogP contribution in [0.5, 0.6) is 5.75 Å². The summed E-state index contributed by atoms with van der Waals surface area (Å²) in [4.78, 5) is 24.4. The highest BCUT2D eigenvalue weighted by Crippen LogP contribution is 2.49. The minimum absolute atomic E-state index is 0.0693. The summed E-state index contributed by atoms with van der Waals surface area (Å²) in [6.45, 7) is 9.74. The fraction of sp³-hybridized carbons (Fsp3) is 0.297. The number of benzene rings is 2. The number of aryl methyl sites for hydroxylation is 2. The molecule has 0 bridgehead atoms. The molecule has 1 amide bonds. The molecular weight excluding hydrogens is 666 g/mol. The van der Waals surface area contributed by atoms with Crippen LogP contribution >= 0.6 is 11.3 Å². The third-order valence-electron chi connectivity index (χ3n) is 9.92. The summed E-state index contributed by atoms with van der Waals surface area (Å²) in [6, 6.07) is 8.70. The van der Waals surface area contributed by atoms with Crippen LogP contribution in [0.15, 0.2) is 54.4 Å². The lowest BCUT2D eigenvalue weighted by molar-refractivity contribution is -0.131. The van der Waals surface area contributed by atoms with Crippen molar-refractivity contribution in [3.05, 3.63) is 83.4 Å². The number of rotatable bonds is 6. The molecule has 2 aromatic carbocycles. The number of aliphatic hydroxyl groups is 1. The van der Waals surface area contributed by atoms with Gasteiger partial charge in [0, 0.05) is 60.0 Å². The maximum Gasteiger partial charge on any atom is 0.246 e. The van der Waals surface area contributed by atoms with Gasteiger partial charge in [-0.2, -0.15) is 5.10 Å². The number of halogens is 3. The quantitative estimate of drug-likeness (QED) is 0.181. The molecule has 2 atom stereocenters. The summed E-state index contributed by atoms with van der Waals surface area (Å²) in [5.74, 6) is -1.95. The number of ether oxygens (including phenoxy) is 1. The lowest BCUT2D eigenvalue weighted by atomic mass is 9.91. The summed E-state index contributed by atoms with van der Waals surface area (Å²) in [5, 5.41) is 16.3. The van der Waals surface area contributed by atoms with Crippen LogP contribution in [0.1, 0.15) is 44.2 Å². The number of fused-ring (bicyclic) bond motifs is 3. The minimum Gasteiger partial charge on any atom is -0.489 e. The molecule has 50 heavy (non-hydrogen) atoms. The third-order valence-corrected chi connectivity index (χ3v) is 10.9. The number of aliphatic hydroxyl groups excluding tert-OH is 1. The maximum absolute atomic E-state index is 16.3. The first-order valence-corrected chi connectivity index (χ1v) is 17.2. The molecule has 0 spiro atoms. The lowest BCUT2D eigenvalue weighted by Crippen LogP contribution is -2.46. The average molecular weight is 699 g/mol. The van der Waals surface area contributed by atoms with Gasteiger partial charge in [0.1, 0.15) is 46.5 Å². The molecule has 1 saturated carbocycles. The predicted molar refractivity (Wildman–Crippen MR) is 185 cm³/mol. The Bertz CT molecular complexity index is 2380. The van der Waals surface area contributed by atoms with Gasteiger partial charge < -0.3 is 19.3 Å². The number of pyridine rings is 1. The highest BCUT2D eigenvalue weighted by molar-refractivity contribution is 7.17. The summed E-state index contributed by atoms with van der Waals surface area (Å²) in [6.07, 6.45) is 0.812. The summed E-state index contributed by atoms with van der Waals surface area (Å²) < 4.78 is 57.6. The molecular formula is C37H33F3N6O3S. The molecule has 1 aliphatic heterocycles. The average Bonchev–Trinajstić information content (AvgIpc) is 3.74. The number of thiophene rings is 1. The molecule has 0 radical (unpaired) electrons. The summed E-state index contributed by atoms with van der Waals surface area (Å²) in [5.41, 5.74) is 3.86. The molecule has 0 unspecified atom stereocenters. The van der Waals surface area contributed by atoms with Crippen molar-refractivity contribution in [2.75, 3.05) is 0 Å². The van der Waals surface area contributed by atoms with E-state index in [1.54, 1.807) is 15.6 Å². The van der Waals surface area contributed by atoms with E-state index >= 15 is 8.78 Å². The first kappa shape index (κ1) is 32.2.